The lowest BCUT2D eigenvalue weighted by Crippen LogP contribution is -2.21. The summed E-state index contributed by atoms with van der Waals surface area (Å²) in [6.45, 7) is 0.406. The Hall–Kier alpha value is -3.28. The van der Waals surface area contributed by atoms with E-state index in [9.17, 15) is 19.2 Å². The minimum Gasteiger partial charge on any atom is -0.465 e. The van der Waals surface area contributed by atoms with Crippen molar-refractivity contribution in [1.29, 1.82) is 0 Å². The third-order valence-electron chi connectivity index (χ3n) is 4.90. The van der Waals surface area contributed by atoms with E-state index in [1.165, 1.54) is 61.0 Å². The van der Waals surface area contributed by atoms with Crippen LogP contribution < -0.4 is 11.1 Å². The van der Waals surface area contributed by atoms with Gasteiger partial charge in [-0.1, -0.05) is 72.1 Å². The molecular formula is C28H25Br3N2O6. The summed E-state index contributed by atoms with van der Waals surface area (Å²) in [5.41, 5.74) is 2.57. The number of carbonyl (C=O) groups is 2. The first-order valence-electron chi connectivity index (χ1n) is 11.3. The van der Waals surface area contributed by atoms with Crippen molar-refractivity contribution in [3.63, 3.8) is 0 Å². The SMILES string of the molecule is BrCc1cccc(Br)c1.COC(=O)c1ccc(=O)[nH]c1.COC(=O)c1ccc(=O)n(Cc2cccc(Br)c2)c1. The number of benzene rings is 2. The Morgan fingerprint density at radius 1 is 0.795 bits per heavy atom. The van der Waals surface area contributed by atoms with E-state index in [-0.39, 0.29) is 11.1 Å². The molecule has 0 aliphatic heterocycles. The summed E-state index contributed by atoms with van der Waals surface area (Å²) in [6.07, 6.45) is 2.82. The van der Waals surface area contributed by atoms with Crippen molar-refractivity contribution in [3.05, 3.63) is 137 Å². The standard InChI is InChI=1S/C14H12BrNO3.C7H6Br2.C7H7NO3/c1-19-14(18)11-5-6-13(17)16(9-11)8-10-3-2-4-12(15)7-10;8-5-6-2-1-3-7(9)4-6;1-11-7(10)5-2-3-6(9)8-4-5/h2-7,9H,8H2,1H3;1-4H,5H2;2-4H,1H3,(H,8,9). The largest absolute Gasteiger partial charge is 0.465 e. The monoisotopic (exact) mass is 722 g/mol. The van der Waals surface area contributed by atoms with Gasteiger partial charge in [0.25, 0.3) is 5.56 Å². The smallest absolute Gasteiger partial charge is 0.339 e. The van der Waals surface area contributed by atoms with Crippen LogP contribution in [0.15, 0.2) is 104 Å². The molecule has 0 amide bonds. The second-order valence-electron chi connectivity index (χ2n) is 7.70. The number of H-pyrrole nitrogens is 1. The van der Waals surface area contributed by atoms with Gasteiger partial charge in [-0.25, -0.2) is 9.59 Å². The van der Waals surface area contributed by atoms with Crippen LogP contribution in [0.5, 0.6) is 0 Å². The molecule has 2 aromatic heterocycles. The van der Waals surface area contributed by atoms with Gasteiger partial charge in [0.2, 0.25) is 5.56 Å². The maximum Gasteiger partial charge on any atom is 0.339 e. The molecular weight excluding hydrogens is 700 g/mol. The molecule has 2 heterocycles. The highest BCUT2D eigenvalue weighted by Crippen LogP contribution is 2.14. The van der Waals surface area contributed by atoms with Crippen molar-refractivity contribution >= 4 is 59.7 Å². The van der Waals surface area contributed by atoms with E-state index in [0.717, 1.165) is 19.8 Å². The van der Waals surface area contributed by atoms with Gasteiger partial charge in [0.1, 0.15) is 0 Å². The molecule has 0 aliphatic carbocycles. The fraction of sp³-hybridized carbons (Fsp3) is 0.143. The van der Waals surface area contributed by atoms with Gasteiger partial charge in [-0.05, 0) is 47.5 Å². The van der Waals surface area contributed by atoms with E-state index >= 15 is 0 Å². The zero-order valence-electron chi connectivity index (χ0n) is 21.0. The molecule has 0 spiro atoms. The van der Waals surface area contributed by atoms with E-state index in [1.807, 2.05) is 36.4 Å². The van der Waals surface area contributed by atoms with Gasteiger partial charge in [-0.3, -0.25) is 9.59 Å². The Bertz CT molecular complexity index is 1500. The molecule has 1 N–H and O–H groups in total. The minimum atomic E-state index is -0.457. The van der Waals surface area contributed by atoms with Crippen molar-refractivity contribution in [2.45, 2.75) is 11.9 Å². The van der Waals surface area contributed by atoms with Gasteiger partial charge in [-0.2, -0.15) is 0 Å². The van der Waals surface area contributed by atoms with Crippen LogP contribution in [0.3, 0.4) is 0 Å². The van der Waals surface area contributed by atoms with Gasteiger partial charge in [0.05, 0.1) is 31.9 Å². The van der Waals surface area contributed by atoms with Gasteiger partial charge in [-0.15, -0.1) is 0 Å². The first-order valence-corrected chi connectivity index (χ1v) is 14.0. The van der Waals surface area contributed by atoms with E-state index in [1.54, 1.807) is 0 Å². The lowest BCUT2D eigenvalue weighted by molar-refractivity contribution is 0.0591. The normalized spacial score (nSPS) is 9.77. The summed E-state index contributed by atoms with van der Waals surface area (Å²) in [5, 5.41) is 0.923. The quantitative estimate of drug-likeness (QED) is 0.202. The average molecular weight is 725 g/mol. The number of nitrogens with one attached hydrogen (secondary N) is 1. The summed E-state index contributed by atoms with van der Waals surface area (Å²) in [6, 6.07) is 21.4. The fourth-order valence-corrected chi connectivity index (χ4v) is 4.24. The Morgan fingerprint density at radius 2 is 1.36 bits per heavy atom. The average Bonchev–Trinajstić information content (AvgIpc) is 2.94. The number of aromatic nitrogens is 2. The van der Waals surface area contributed by atoms with E-state index < -0.39 is 11.9 Å². The molecule has 39 heavy (non-hydrogen) atoms. The number of hydrogen-bond acceptors (Lipinski definition) is 6. The summed E-state index contributed by atoms with van der Waals surface area (Å²) in [5.74, 6) is -0.913. The van der Waals surface area contributed by atoms with E-state index in [2.05, 4.69) is 74.4 Å². The molecule has 0 bridgehead atoms. The van der Waals surface area contributed by atoms with Crippen LogP contribution in [-0.2, 0) is 21.3 Å². The van der Waals surface area contributed by atoms with Crippen LogP contribution in [0, 0.1) is 0 Å². The predicted octanol–water partition coefficient (Wildman–Crippen LogP) is 5.95. The molecule has 0 unspecified atom stereocenters. The van der Waals surface area contributed by atoms with Crippen LogP contribution in [0.4, 0.5) is 0 Å². The van der Waals surface area contributed by atoms with Crippen LogP contribution in [-0.4, -0.2) is 35.7 Å². The molecule has 204 valence electrons. The van der Waals surface area contributed by atoms with Gasteiger partial charge < -0.3 is 19.0 Å². The molecule has 4 aromatic rings. The molecule has 0 fully saturated rings. The number of rotatable bonds is 5. The van der Waals surface area contributed by atoms with Crippen molar-refractivity contribution in [3.8, 4) is 0 Å². The number of hydrogen-bond donors (Lipinski definition) is 1. The topological polar surface area (TPSA) is 107 Å². The number of aromatic amines is 1. The number of halogens is 3. The van der Waals surface area contributed by atoms with Crippen molar-refractivity contribution in [1.82, 2.24) is 9.55 Å². The third kappa shape index (κ3) is 11.2. The number of esters is 2. The number of ether oxygens (including phenoxy) is 2. The van der Waals surface area contributed by atoms with Crippen LogP contribution in [0.25, 0.3) is 0 Å². The molecule has 0 atom stereocenters. The Kier molecular flexibility index (Phi) is 13.6. The minimum absolute atomic E-state index is 0.160. The van der Waals surface area contributed by atoms with E-state index in [0.29, 0.717) is 17.7 Å². The van der Waals surface area contributed by atoms with Crippen molar-refractivity contribution < 1.29 is 19.1 Å². The Balaban J connectivity index is 0.000000226. The summed E-state index contributed by atoms with van der Waals surface area (Å²) in [7, 11) is 2.60. The maximum absolute atomic E-state index is 11.8. The molecule has 8 nitrogen and oxygen atoms in total. The van der Waals surface area contributed by atoms with E-state index in [4.69, 9.17) is 0 Å². The number of alkyl halides is 1. The number of pyridine rings is 2. The molecule has 0 radical (unpaired) electrons. The summed E-state index contributed by atoms with van der Waals surface area (Å²) >= 11 is 10.1. The Morgan fingerprint density at radius 3 is 1.87 bits per heavy atom. The second-order valence-corrected chi connectivity index (χ2v) is 10.1. The highest BCUT2D eigenvalue weighted by Gasteiger charge is 2.08. The van der Waals surface area contributed by atoms with Crippen molar-refractivity contribution in [2.24, 2.45) is 0 Å². The van der Waals surface area contributed by atoms with Gasteiger partial charge in [0.15, 0.2) is 0 Å². The molecule has 2 aromatic carbocycles. The lowest BCUT2D eigenvalue weighted by Gasteiger charge is -2.08. The first-order chi connectivity index (χ1) is 18.7. The number of nitrogens with zero attached hydrogens (tertiary/aromatic N) is 1. The molecule has 4 rings (SSSR count). The van der Waals surface area contributed by atoms with Gasteiger partial charge in [0, 0.05) is 38.8 Å². The highest BCUT2D eigenvalue weighted by molar-refractivity contribution is 9.10. The third-order valence-corrected chi connectivity index (χ3v) is 6.53. The molecule has 0 saturated heterocycles. The van der Waals surface area contributed by atoms with Crippen LogP contribution >= 0.6 is 47.8 Å². The summed E-state index contributed by atoms with van der Waals surface area (Å²) < 4.78 is 12.6. The highest BCUT2D eigenvalue weighted by atomic mass is 79.9. The van der Waals surface area contributed by atoms with Crippen LogP contribution in [0.2, 0.25) is 0 Å². The number of methoxy groups -OCH3 is 2. The molecule has 0 aliphatic rings. The zero-order chi connectivity index (χ0) is 28.8. The zero-order valence-corrected chi connectivity index (χ0v) is 25.8. The maximum atomic E-state index is 11.8. The van der Waals surface area contributed by atoms with Crippen molar-refractivity contribution in [2.75, 3.05) is 14.2 Å². The first kappa shape index (κ1) is 31.9. The Labute approximate surface area is 250 Å². The number of carbonyl (C=O) groups excluding carboxylic acids is 2. The lowest BCUT2D eigenvalue weighted by atomic mass is 10.2. The molecule has 11 heteroatoms. The summed E-state index contributed by atoms with van der Waals surface area (Å²) in [4.78, 5) is 46.9. The van der Waals surface area contributed by atoms with Crippen LogP contribution in [0.1, 0.15) is 31.8 Å². The predicted molar refractivity (Wildman–Crippen MR) is 160 cm³/mol. The molecule has 0 saturated carbocycles. The van der Waals surface area contributed by atoms with Gasteiger partial charge >= 0.3 is 11.9 Å². The fourth-order valence-electron chi connectivity index (χ4n) is 3.00. The second kappa shape index (κ2) is 16.6.